The van der Waals surface area contributed by atoms with Gasteiger partial charge in [-0.25, -0.2) is 0 Å². The highest BCUT2D eigenvalue weighted by molar-refractivity contribution is 5.85. The Bertz CT molecular complexity index is 327. The molecule has 1 rings (SSSR count). The summed E-state index contributed by atoms with van der Waals surface area (Å²) in [6, 6.07) is 9.79. The Balaban J connectivity index is 0.00000256. The Hall–Kier alpha value is -1.06. The molecule has 0 heterocycles. The van der Waals surface area contributed by atoms with Crippen LogP contribution in [0.1, 0.15) is 12.0 Å². The van der Waals surface area contributed by atoms with Gasteiger partial charge in [0.25, 0.3) is 0 Å². The first-order chi connectivity index (χ1) is 7.59. The van der Waals surface area contributed by atoms with Crippen LogP contribution < -0.4 is 0 Å². The molecule has 0 aromatic heterocycles. The van der Waals surface area contributed by atoms with Crippen LogP contribution in [0.2, 0.25) is 0 Å². The van der Waals surface area contributed by atoms with Crippen molar-refractivity contribution in [1.82, 2.24) is 4.90 Å². The summed E-state index contributed by atoms with van der Waals surface area (Å²) in [6.45, 7) is 0.809. The molecular formula is C13H20ClNO2. The van der Waals surface area contributed by atoms with Gasteiger partial charge in [-0.05, 0) is 39.0 Å². The number of nitrogens with zero attached hydrogens (tertiary/aromatic N) is 1. The summed E-state index contributed by atoms with van der Waals surface area (Å²) in [5.74, 6) is -0.990. The molecule has 1 N–H and O–H groups in total. The van der Waals surface area contributed by atoms with Gasteiger partial charge in [0, 0.05) is 0 Å². The highest BCUT2D eigenvalue weighted by atomic mass is 35.5. The number of carboxylic acids is 1. The van der Waals surface area contributed by atoms with Crippen molar-refractivity contribution in [2.45, 2.75) is 12.8 Å². The normalized spacial score (nSPS) is 11.9. The van der Waals surface area contributed by atoms with Gasteiger partial charge in [0.2, 0.25) is 0 Å². The predicted octanol–water partition coefficient (Wildman–Crippen LogP) is 2.30. The third-order valence-corrected chi connectivity index (χ3v) is 2.60. The number of aliphatic carboxylic acids is 1. The molecule has 1 aromatic carbocycles. The van der Waals surface area contributed by atoms with Crippen LogP contribution in [-0.4, -0.2) is 36.6 Å². The molecule has 3 nitrogen and oxygen atoms in total. The second-order valence-corrected chi connectivity index (χ2v) is 4.32. The lowest BCUT2D eigenvalue weighted by Crippen LogP contribution is -2.23. The standard InChI is InChI=1S/C13H19NO2.ClH/c1-14(2)9-8-12(13(15)16)10-11-6-4-3-5-7-11;/h3-7,12H,8-10H2,1-2H3,(H,15,16);1H. The molecule has 17 heavy (non-hydrogen) atoms. The van der Waals surface area contributed by atoms with Crippen LogP contribution in [-0.2, 0) is 11.2 Å². The topological polar surface area (TPSA) is 40.5 Å². The number of hydrogen-bond acceptors (Lipinski definition) is 2. The van der Waals surface area contributed by atoms with E-state index in [2.05, 4.69) is 0 Å². The Morgan fingerprint density at radius 2 is 1.88 bits per heavy atom. The van der Waals surface area contributed by atoms with Crippen LogP contribution in [0.5, 0.6) is 0 Å². The number of rotatable bonds is 6. The van der Waals surface area contributed by atoms with Gasteiger partial charge in [-0.15, -0.1) is 12.4 Å². The van der Waals surface area contributed by atoms with Gasteiger partial charge in [0.05, 0.1) is 5.92 Å². The second-order valence-electron chi connectivity index (χ2n) is 4.32. The third-order valence-electron chi connectivity index (χ3n) is 2.60. The van der Waals surface area contributed by atoms with Gasteiger partial charge in [-0.2, -0.15) is 0 Å². The van der Waals surface area contributed by atoms with E-state index in [1.807, 2.05) is 49.3 Å². The van der Waals surface area contributed by atoms with Gasteiger partial charge < -0.3 is 10.0 Å². The molecule has 0 aliphatic rings. The molecule has 1 aromatic rings. The van der Waals surface area contributed by atoms with Crippen molar-refractivity contribution < 1.29 is 9.90 Å². The SMILES string of the molecule is CN(C)CCC(Cc1ccccc1)C(=O)O.Cl. The fraction of sp³-hybridized carbons (Fsp3) is 0.462. The lowest BCUT2D eigenvalue weighted by molar-refractivity contribution is -0.142. The Morgan fingerprint density at radius 1 is 1.29 bits per heavy atom. The lowest BCUT2D eigenvalue weighted by Gasteiger charge is -2.15. The summed E-state index contributed by atoms with van der Waals surface area (Å²) in [5, 5.41) is 9.13. The molecular weight excluding hydrogens is 238 g/mol. The first-order valence-electron chi connectivity index (χ1n) is 5.51. The van der Waals surface area contributed by atoms with E-state index in [0.717, 1.165) is 12.1 Å². The Labute approximate surface area is 109 Å². The summed E-state index contributed by atoms with van der Waals surface area (Å²) < 4.78 is 0. The zero-order valence-corrected chi connectivity index (χ0v) is 11.1. The minimum absolute atomic E-state index is 0. The van der Waals surface area contributed by atoms with E-state index in [0.29, 0.717) is 12.8 Å². The third kappa shape index (κ3) is 6.29. The van der Waals surface area contributed by atoms with Crippen LogP contribution in [0.4, 0.5) is 0 Å². The number of carboxylic acid groups (broad SMARTS) is 1. The first kappa shape index (κ1) is 15.9. The van der Waals surface area contributed by atoms with E-state index in [1.165, 1.54) is 0 Å². The fourth-order valence-corrected chi connectivity index (χ4v) is 1.63. The van der Waals surface area contributed by atoms with Crippen molar-refractivity contribution >= 4 is 18.4 Å². The lowest BCUT2D eigenvalue weighted by atomic mass is 9.96. The van der Waals surface area contributed by atoms with Crippen LogP contribution in [0.3, 0.4) is 0 Å². The highest BCUT2D eigenvalue weighted by Gasteiger charge is 2.17. The van der Waals surface area contributed by atoms with Crippen molar-refractivity contribution in [1.29, 1.82) is 0 Å². The molecule has 0 fully saturated rings. The van der Waals surface area contributed by atoms with Crippen LogP contribution in [0, 0.1) is 5.92 Å². The van der Waals surface area contributed by atoms with Crippen molar-refractivity contribution in [2.75, 3.05) is 20.6 Å². The average molecular weight is 258 g/mol. The summed E-state index contributed by atoms with van der Waals surface area (Å²) in [5.41, 5.74) is 1.09. The van der Waals surface area contributed by atoms with E-state index in [4.69, 9.17) is 5.11 Å². The van der Waals surface area contributed by atoms with Crippen LogP contribution in [0.15, 0.2) is 30.3 Å². The van der Waals surface area contributed by atoms with E-state index in [9.17, 15) is 4.79 Å². The van der Waals surface area contributed by atoms with Crippen molar-refractivity contribution in [3.05, 3.63) is 35.9 Å². The largest absolute Gasteiger partial charge is 0.481 e. The first-order valence-corrected chi connectivity index (χ1v) is 5.51. The number of halogens is 1. The molecule has 96 valence electrons. The van der Waals surface area contributed by atoms with Gasteiger partial charge in [0.15, 0.2) is 0 Å². The van der Waals surface area contributed by atoms with E-state index in [1.54, 1.807) is 0 Å². The van der Waals surface area contributed by atoms with E-state index in [-0.39, 0.29) is 18.3 Å². The summed E-state index contributed by atoms with van der Waals surface area (Å²) in [4.78, 5) is 13.1. The summed E-state index contributed by atoms with van der Waals surface area (Å²) in [6.07, 6.45) is 1.31. The summed E-state index contributed by atoms with van der Waals surface area (Å²) in [7, 11) is 3.92. The number of hydrogen-bond donors (Lipinski definition) is 1. The molecule has 1 unspecified atom stereocenters. The Morgan fingerprint density at radius 3 is 2.35 bits per heavy atom. The predicted molar refractivity (Wildman–Crippen MR) is 71.7 cm³/mol. The smallest absolute Gasteiger partial charge is 0.306 e. The molecule has 0 aliphatic heterocycles. The zero-order valence-electron chi connectivity index (χ0n) is 10.3. The van der Waals surface area contributed by atoms with Crippen LogP contribution in [0.25, 0.3) is 0 Å². The monoisotopic (exact) mass is 257 g/mol. The maximum atomic E-state index is 11.1. The number of carbonyl (C=O) groups is 1. The van der Waals surface area contributed by atoms with Crippen molar-refractivity contribution in [2.24, 2.45) is 5.92 Å². The molecule has 0 bridgehead atoms. The van der Waals surface area contributed by atoms with Crippen LogP contribution >= 0.6 is 12.4 Å². The van der Waals surface area contributed by atoms with E-state index >= 15 is 0 Å². The maximum Gasteiger partial charge on any atom is 0.306 e. The minimum atomic E-state index is -0.703. The molecule has 0 saturated heterocycles. The van der Waals surface area contributed by atoms with E-state index < -0.39 is 5.97 Å². The Kier molecular flexibility index (Phi) is 7.59. The van der Waals surface area contributed by atoms with Gasteiger partial charge >= 0.3 is 5.97 Å². The van der Waals surface area contributed by atoms with Gasteiger partial charge in [-0.3, -0.25) is 4.79 Å². The minimum Gasteiger partial charge on any atom is -0.481 e. The zero-order chi connectivity index (χ0) is 12.0. The number of benzene rings is 1. The maximum absolute atomic E-state index is 11.1. The van der Waals surface area contributed by atoms with Gasteiger partial charge in [0.1, 0.15) is 0 Å². The van der Waals surface area contributed by atoms with Crippen molar-refractivity contribution in [3.63, 3.8) is 0 Å². The van der Waals surface area contributed by atoms with Gasteiger partial charge in [-0.1, -0.05) is 30.3 Å². The molecule has 0 spiro atoms. The second kappa shape index (κ2) is 8.09. The van der Waals surface area contributed by atoms with Crippen molar-refractivity contribution in [3.8, 4) is 0 Å². The molecule has 0 radical (unpaired) electrons. The average Bonchev–Trinajstić information content (AvgIpc) is 2.25. The molecule has 1 atom stereocenters. The molecule has 0 aliphatic carbocycles. The molecule has 0 saturated carbocycles. The molecule has 0 amide bonds. The highest BCUT2D eigenvalue weighted by Crippen LogP contribution is 2.12. The quantitative estimate of drug-likeness (QED) is 0.850. The fourth-order valence-electron chi connectivity index (χ4n) is 1.63. The molecule has 4 heteroatoms. The summed E-state index contributed by atoms with van der Waals surface area (Å²) >= 11 is 0.